The van der Waals surface area contributed by atoms with E-state index in [1.165, 1.54) is 122 Å². The fourth-order valence-electron chi connectivity index (χ4n) is 4.74. The normalized spacial score (nSPS) is 12.0. The Kier molecular flexibility index (Phi) is 28.6. The van der Waals surface area contributed by atoms with Gasteiger partial charge in [0, 0.05) is 6.54 Å². The Balaban J connectivity index is 3.52. The van der Waals surface area contributed by atoms with Crippen molar-refractivity contribution in [2.24, 2.45) is 5.84 Å². The summed E-state index contributed by atoms with van der Waals surface area (Å²) in [6.07, 6.45) is 30.3. The molecule has 6 nitrogen and oxygen atoms in total. The van der Waals surface area contributed by atoms with Crippen LogP contribution in [0.5, 0.6) is 0 Å². The van der Waals surface area contributed by atoms with Gasteiger partial charge in [-0.15, -0.1) is 0 Å². The van der Waals surface area contributed by atoms with Gasteiger partial charge in [-0.1, -0.05) is 149 Å². The van der Waals surface area contributed by atoms with Gasteiger partial charge in [0.05, 0.1) is 0 Å². The first-order chi connectivity index (χ1) is 18.5. The molecule has 226 valence electrons. The molecule has 0 aromatic rings. The SMILES string of the molecule is CCCCCCCCCCCCCCCCCCNC(=O)N(N)C(=O)C[S+]([O-])CCCCCCCCCC. The molecule has 7 heteroatoms. The maximum atomic E-state index is 12.2. The molecule has 1 unspecified atom stereocenters. The number of hydrogen-bond acceptors (Lipinski definition) is 4. The second-order valence-corrected chi connectivity index (χ2v) is 12.6. The van der Waals surface area contributed by atoms with Crippen LogP contribution in [0, 0.1) is 0 Å². The molecule has 0 fully saturated rings. The van der Waals surface area contributed by atoms with Crippen LogP contribution in [0.25, 0.3) is 0 Å². The van der Waals surface area contributed by atoms with E-state index in [4.69, 9.17) is 5.84 Å². The molecule has 38 heavy (non-hydrogen) atoms. The largest absolute Gasteiger partial charge is 0.616 e. The van der Waals surface area contributed by atoms with E-state index < -0.39 is 23.1 Å². The van der Waals surface area contributed by atoms with Gasteiger partial charge in [-0.25, -0.2) is 10.6 Å². The van der Waals surface area contributed by atoms with Crippen LogP contribution in [-0.2, 0) is 16.0 Å². The number of hydrogen-bond donors (Lipinski definition) is 2. The van der Waals surface area contributed by atoms with Crippen molar-refractivity contribution in [3.63, 3.8) is 0 Å². The number of nitrogens with one attached hydrogen (secondary N) is 1. The molecule has 0 saturated carbocycles. The lowest BCUT2D eigenvalue weighted by Crippen LogP contribution is -2.50. The smallest absolute Gasteiger partial charge is 0.338 e. The number of carbonyl (C=O) groups excluding carboxylic acids is 2. The van der Waals surface area contributed by atoms with Crippen molar-refractivity contribution in [2.45, 2.75) is 168 Å². The Labute approximate surface area is 239 Å². The lowest BCUT2D eigenvalue weighted by Gasteiger charge is -2.17. The first-order valence-electron chi connectivity index (χ1n) is 16.2. The first-order valence-corrected chi connectivity index (χ1v) is 17.7. The van der Waals surface area contributed by atoms with E-state index in [1.54, 1.807) is 0 Å². The maximum Gasteiger partial charge on any atom is 0.338 e. The second-order valence-electron chi connectivity index (χ2n) is 11.1. The third-order valence-corrected chi connectivity index (χ3v) is 8.62. The molecular formula is C31H63N3O3S. The number of rotatable bonds is 28. The van der Waals surface area contributed by atoms with Crippen LogP contribution >= 0.6 is 0 Å². The van der Waals surface area contributed by atoms with Crippen LogP contribution in [0.1, 0.15) is 168 Å². The minimum Gasteiger partial charge on any atom is -0.616 e. The van der Waals surface area contributed by atoms with Crippen molar-refractivity contribution in [3.8, 4) is 0 Å². The number of imide groups is 1. The number of amides is 3. The highest BCUT2D eigenvalue weighted by Crippen LogP contribution is 2.14. The topological polar surface area (TPSA) is 98.5 Å². The van der Waals surface area contributed by atoms with Crippen molar-refractivity contribution in [1.29, 1.82) is 0 Å². The molecule has 0 aromatic carbocycles. The van der Waals surface area contributed by atoms with E-state index in [2.05, 4.69) is 19.2 Å². The molecule has 0 rings (SSSR count). The fourth-order valence-corrected chi connectivity index (χ4v) is 5.83. The number of urea groups is 1. The van der Waals surface area contributed by atoms with Crippen molar-refractivity contribution >= 4 is 23.1 Å². The van der Waals surface area contributed by atoms with Crippen LogP contribution in [0.2, 0.25) is 0 Å². The highest BCUT2D eigenvalue weighted by atomic mass is 32.2. The Morgan fingerprint density at radius 1 is 0.605 bits per heavy atom. The summed E-state index contributed by atoms with van der Waals surface area (Å²) in [6, 6.07) is -0.597. The summed E-state index contributed by atoms with van der Waals surface area (Å²) < 4.78 is 12.2. The van der Waals surface area contributed by atoms with E-state index in [9.17, 15) is 14.1 Å². The zero-order chi connectivity index (χ0) is 28.1. The van der Waals surface area contributed by atoms with Gasteiger partial charge >= 0.3 is 6.03 Å². The third-order valence-electron chi connectivity index (χ3n) is 7.30. The molecule has 0 aliphatic heterocycles. The summed E-state index contributed by atoms with van der Waals surface area (Å²) in [5.41, 5.74) is 0. The molecule has 0 aliphatic rings. The minimum atomic E-state index is -1.27. The van der Waals surface area contributed by atoms with Crippen molar-refractivity contribution in [1.82, 2.24) is 10.3 Å². The lowest BCUT2D eigenvalue weighted by atomic mass is 10.0. The van der Waals surface area contributed by atoms with Crippen LogP contribution in [0.4, 0.5) is 4.79 Å². The van der Waals surface area contributed by atoms with E-state index in [0.717, 1.165) is 32.1 Å². The van der Waals surface area contributed by atoms with Crippen molar-refractivity contribution in [2.75, 3.05) is 18.1 Å². The maximum absolute atomic E-state index is 12.2. The molecule has 0 spiro atoms. The van der Waals surface area contributed by atoms with E-state index in [0.29, 0.717) is 17.3 Å². The Hall–Kier alpha value is -0.790. The lowest BCUT2D eigenvalue weighted by molar-refractivity contribution is -0.125. The minimum absolute atomic E-state index is 0.181. The van der Waals surface area contributed by atoms with Crippen LogP contribution in [0.15, 0.2) is 0 Å². The van der Waals surface area contributed by atoms with Crippen LogP contribution in [0.3, 0.4) is 0 Å². The molecular weight excluding hydrogens is 494 g/mol. The Bertz CT molecular complexity index is 536. The average molecular weight is 558 g/mol. The third kappa shape index (κ3) is 25.5. The summed E-state index contributed by atoms with van der Waals surface area (Å²) in [6.45, 7) is 5.00. The predicted molar refractivity (Wildman–Crippen MR) is 164 cm³/mol. The van der Waals surface area contributed by atoms with Gasteiger partial charge in [-0.05, 0) is 30.4 Å². The number of nitrogens with zero attached hydrogens (tertiary/aromatic N) is 1. The summed E-state index contributed by atoms with van der Waals surface area (Å²) >= 11 is -1.27. The molecule has 3 N–H and O–H groups in total. The predicted octanol–water partition coefficient (Wildman–Crippen LogP) is 8.55. The summed E-state index contributed by atoms with van der Waals surface area (Å²) in [4.78, 5) is 24.3. The van der Waals surface area contributed by atoms with Crippen molar-refractivity contribution < 1.29 is 14.1 Å². The van der Waals surface area contributed by atoms with Gasteiger partial charge in [0.25, 0.3) is 5.91 Å². The highest BCUT2D eigenvalue weighted by Gasteiger charge is 2.22. The highest BCUT2D eigenvalue weighted by molar-refractivity contribution is 7.92. The van der Waals surface area contributed by atoms with E-state index >= 15 is 0 Å². The van der Waals surface area contributed by atoms with Crippen LogP contribution < -0.4 is 11.2 Å². The molecule has 0 heterocycles. The van der Waals surface area contributed by atoms with E-state index in [1.807, 2.05) is 0 Å². The van der Waals surface area contributed by atoms with Gasteiger partial charge in [0.1, 0.15) is 5.75 Å². The zero-order valence-electron chi connectivity index (χ0n) is 25.2. The van der Waals surface area contributed by atoms with Gasteiger partial charge < -0.3 is 9.87 Å². The second kappa shape index (κ2) is 29.2. The zero-order valence-corrected chi connectivity index (χ0v) is 26.1. The van der Waals surface area contributed by atoms with Crippen LogP contribution in [-0.4, -0.2) is 39.6 Å². The van der Waals surface area contributed by atoms with Crippen molar-refractivity contribution in [3.05, 3.63) is 0 Å². The quantitative estimate of drug-likeness (QED) is 0.0331. The average Bonchev–Trinajstić information content (AvgIpc) is 2.91. The number of unbranched alkanes of at least 4 members (excludes halogenated alkanes) is 22. The standard InChI is InChI=1S/C31H63N3O3S/c1-3-5-7-9-11-13-14-15-16-17-18-19-20-21-23-25-27-33-31(36)34(32)30(35)29-38(37)28-26-24-22-12-10-8-6-4-2/h3-29,32H2,1-2H3,(H,33,36). The van der Waals surface area contributed by atoms with Gasteiger partial charge in [-0.2, -0.15) is 5.01 Å². The van der Waals surface area contributed by atoms with E-state index in [-0.39, 0.29) is 5.75 Å². The molecule has 0 aromatic heterocycles. The summed E-state index contributed by atoms with van der Waals surface area (Å²) in [5, 5.41) is 3.30. The van der Waals surface area contributed by atoms with Gasteiger partial charge in [0.15, 0.2) is 5.75 Å². The molecule has 0 radical (unpaired) electrons. The first kappa shape index (κ1) is 37.2. The Morgan fingerprint density at radius 2 is 0.947 bits per heavy atom. The molecule has 0 bridgehead atoms. The summed E-state index contributed by atoms with van der Waals surface area (Å²) in [7, 11) is 0. The monoisotopic (exact) mass is 557 g/mol. The summed E-state index contributed by atoms with van der Waals surface area (Å²) in [5.74, 6) is 5.39. The fraction of sp³-hybridized carbons (Fsp3) is 0.935. The molecule has 1 atom stereocenters. The number of carbonyl (C=O) groups is 2. The van der Waals surface area contributed by atoms with Gasteiger partial charge in [0.2, 0.25) is 0 Å². The Morgan fingerprint density at radius 3 is 1.34 bits per heavy atom. The van der Waals surface area contributed by atoms with Gasteiger partial charge in [-0.3, -0.25) is 4.79 Å². The molecule has 3 amide bonds. The molecule has 0 aliphatic carbocycles. The number of hydrazine groups is 1. The number of nitrogens with two attached hydrogens (primary N) is 1. The molecule has 0 saturated heterocycles.